The van der Waals surface area contributed by atoms with Gasteiger partial charge in [-0.25, -0.2) is 0 Å². The van der Waals surface area contributed by atoms with E-state index in [4.69, 9.17) is 0 Å². The number of nitrogens with zero attached hydrogens (tertiary/aromatic N) is 4. The van der Waals surface area contributed by atoms with E-state index in [1.54, 1.807) is 5.01 Å². The molecule has 0 unspecified atom stereocenters. The van der Waals surface area contributed by atoms with E-state index in [9.17, 15) is 5.21 Å². The molecule has 0 radical (unpaired) electrons. The molecule has 0 aliphatic carbocycles. The Labute approximate surface area is 101 Å². The molecular weight excluding hydrogens is 232 g/mol. The van der Waals surface area contributed by atoms with Gasteiger partial charge in [0, 0.05) is 32.5 Å². The van der Waals surface area contributed by atoms with Crippen LogP contribution in [0.1, 0.15) is 0 Å². The van der Waals surface area contributed by atoms with E-state index in [-0.39, 0.29) is 6.79 Å². The first kappa shape index (κ1) is 13.3. The molecule has 94 valence electrons. The van der Waals surface area contributed by atoms with E-state index in [0.29, 0.717) is 18.1 Å². The van der Waals surface area contributed by atoms with Gasteiger partial charge in [-0.15, -0.1) is 5.01 Å². The molecule has 1 rings (SSSR count). The second-order valence-electron chi connectivity index (χ2n) is 3.39. The number of methoxy groups -OCH3 is 1. The van der Waals surface area contributed by atoms with E-state index < -0.39 is 0 Å². The highest BCUT2D eigenvalue weighted by molar-refractivity contribution is 7.80. The zero-order chi connectivity index (χ0) is 11.8. The van der Waals surface area contributed by atoms with Gasteiger partial charge in [-0.3, -0.25) is 4.90 Å². The van der Waals surface area contributed by atoms with Crippen molar-refractivity contribution in [2.75, 3.05) is 52.4 Å². The Hall–Kier alpha value is -0.730. The Morgan fingerprint density at radius 2 is 2.06 bits per heavy atom. The Kier molecular flexibility index (Phi) is 6.27. The minimum atomic E-state index is -0.0155. The van der Waals surface area contributed by atoms with Crippen LogP contribution in [0.25, 0.3) is 0 Å². The molecule has 1 saturated heterocycles. The molecule has 7 nitrogen and oxygen atoms in total. The van der Waals surface area contributed by atoms with Gasteiger partial charge >= 0.3 is 0 Å². The molecule has 0 aromatic heterocycles. The predicted octanol–water partition coefficient (Wildman–Crippen LogP) is -0.0532. The molecular formula is C8H18N4O3S. The van der Waals surface area contributed by atoms with Crippen LogP contribution >= 0.6 is 12.6 Å². The Morgan fingerprint density at radius 1 is 1.38 bits per heavy atom. The standard InChI is InChI=1S/C8H18N4O3S/c1-14-8-15-9-12(13)11-4-2-10(3-5-11)6-7-16/h16H,2-8H2,1H3/b12-9+. The number of thiol groups is 1. The summed E-state index contributed by atoms with van der Waals surface area (Å²) in [5.41, 5.74) is 0. The summed E-state index contributed by atoms with van der Waals surface area (Å²) in [6.07, 6.45) is 0. The summed E-state index contributed by atoms with van der Waals surface area (Å²) in [5.74, 6) is 0.836. The van der Waals surface area contributed by atoms with Gasteiger partial charge < -0.3 is 14.8 Å². The second kappa shape index (κ2) is 7.53. The van der Waals surface area contributed by atoms with Crippen LogP contribution in [-0.2, 0) is 9.57 Å². The maximum absolute atomic E-state index is 11.4. The van der Waals surface area contributed by atoms with Crippen molar-refractivity contribution in [1.82, 2.24) is 9.91 Å². The fraction of sp³-hybridized carbons (Fsp3) is 1.00. The zero-order valence-corrected chi connectivity index (χ0v) is 10.3. The summed E-state index contributed by atoms with van der Waals surface area (Å²) in [6.45, 7) is 3.93. The smallest absolute Gasteiger partial charge is 0.235 e. The summed E-state index contributed by atoms with van der Waals surface area (Å²) in [4.78, 5) is 7.36. The minimum absolute atomic E-state index is 0.0155. The fourth-order valence-electron chi connectivity index (χ4n) is 1.45. The van der Waals surface area contributed by atoms with Crippen LogP contribution in [0.4, 0.5) is 0 Å². The predicted molar refractivity (Wildman–Crippen MR) is 60.9 cm³/mol. The Bertz CT molecular complexity index is 221. The van der Waals surface area contributed by atoms with E-state index in [1.165, 1.54) is 7.11 Å². The zero-order valence-electron chi connectivity index (χ0n) is 9.41. The molecule has 1 aliphatic rings. The highest BCUT2D eigenvalue weighted by Crippen LogP contribution is 2.02. The van der Waals surface area contributed by atoms with E-state index in [2.05, 4.69) is 32.4 Å². The van der Waals surface area contributed by atoms with Gasteiger partial charge in [0.15, 0.2) is 0 Å². The van der Waals surface area contributed by atoms with E-state index >= 15 is 0 Å². The van der Waals surface area contributed by atoms with Crippen molar-refractivity contribution >= 4 is 12.6 Å². The summed E-state index contributed by atoms with van der Waals surface area (Å²) >= 11 is 4.17. The van der Waals surface area contributed by atoms with Crippen LogP contribution < -0.4 is 0 Å². The van der Waals surface area contributed by atoms with Gasteiger partial charge in [0.2, 0.25) is 12.1 Å². The van der Waals surface area contributed by atoms with E-state index in [0.717, 1.165) is 25.4 Å². The SMILES string of the molecule is COCO/N=[N+](/[O-])N1CCN(CCS)CC1. The highest BCUT2D eigenvalue weighted by Gasteiger charge is 2.21. The van der Waals surface area contributed by atoms with Gasteiger partial charge in [-0.05, 0) is 0 Å². The molecule has 0 aromatic rings. The fourth-order valence-corrected chi connectivity index (χ4v) is 1.73. The summed E-state index contributed by atoms with van der Waals surface area (Å²) in [5, 5.41) is 16.3. The third-order valence-electron chi connectivity index (χ3n) is 2.31. The number of rotatable bonds is 6. The maximum atomic E-state index is 11.4. The van der Waals surface area contributed by atoms with Gasteiger partial charge in [0.05, 0.1) is 18.1 Å². The Balaban J connectivity index is 2.26. The van der Waals surface area contributed by atoms with Crippen molar-refractivity contribution in [2.24, 2.45) is 5.28 Å². The molecule has 16 heavy (non-hydrogen) atoms. The quantitative estimate of drug-likeness (QED) is 0.179. The van der Waals surface area contributed by atoms with Crippen molar-refractivity contribution in [3.05, 3.63) is 5.21 Å². The molecule has 0 bridgehead atoms. The van der Waals surface area contributed by atoms with Crippen molar-refractivity contribution in [1.29, 1.82) is 0 Å². The van der Waals surface area contributed by atoms with Crippen LogP contribution in [0.15, 0.2) is 5.28 Å². The Morgan fingerprint density at radius 3 is 2.62 bits per heavy atom. The second-order valence-corrected chi connectivity index (χ2v) is 3.84. The van der Waals surface area contributed by atoms with Gasteiger partial charge in [-0.2, -0.15) is 12.6 Å². The van der Waals surface area contributed by atoms with Crippen LogP contribution in [-0.4, -0.2) is 67.3 Å². The van der Waals surface area contributed by atoms with Crippen molar-refractivity contribution in [3.63, 3.8) is 0 Å². The summed E-state index contributed by atoms with van der Waals surface area (Å²) in [6, 6.07) is 0. The average molecular weight is 250 g/mol. The lowest BCUT2D eigenvalue weighted by atomic mass is 10.3. The minimum Gasteiger partial charge on any atom is -0.569 e. The molecule has 1 aliphatic heterocycles. The molecule has 8 heteroatoms. The van der Waals surface area contributed by atoms with Crippen LogP contribution in [0.5, 0.6) is 0 Å². The van der Waals surface area contributed by atoms with Crippen LogP contribution in [0.3, 0.4) is 0 Å². The average Bonchev–Trinajstić information content (AvgIpc) is 2.30. The number of ether oxygens (including phenoxy) is 1. The van der Waals surface area contributed by atoms with Crippen molar-refractivity contribution < 1.29 is 14.5 Å². The van der Waals surface area contributed by atoms with Gasteiger partial charge in [-0.1, -0.05) is 0 Å². The molecule has 0 N–H and O–H groups in total. The van der Waals surface area contributed by atoms with Crippen molar-refractivity contribution in [3.8, 4) is 0 Å². The number of hydrazine groups is 1. The largest absolute Gasteiger partial charge is 0.569 e. The monoisotopic (exact) mass is 250 g/mol. The van der Waals surface area contributed by atoms with E-state index in [1.807, 2.05) is 0 Å². The number of hydrogen-bond acceptors (Lipinski definition) is 6. The highest BCUT2D eigenvalue weighted by atomic mass is 32.1. The third kappa shape index (κ3) is 4.42. The molecule has 1 heterocycles. The molecule has 0 spiro atoms. The lowest BCUT2D eigenvalue weighted by Gasteiger charge is -2.30. The van der Waals surface area contributed by atoms with Crippen LogP contribution in [0.2, 0.25) is 0 Å². The lowest BCUT2D eigenvalue weighted by Crippen LogP contribution is -2.49. The lowest BCUT2D eigenvalue weighted by molar-refractivity contribution is -0.713. The van der Waals surface area contributed by atoms with Crippen LogP contribution in [0, 0.1) is 5.21 Å². The first-order valence-corrected chi connectivity index (χ1v) is 5.78. The molecule has 1 fully saturated rings. The first-order chi connectivity index (χ1) is 7.77. The summed E-state index contributed by atoms with van der Waals surface area (Å²) < 4.78 is 4.61. The number of piperazine rings is 1. The maximum Gasteiger partial charge on any atom is 0.235 e. The van der Waals surface area contributed by atoms with Gasteiger partial charge in [0.1, 0.15) is 0 Å². The molecule has 0 amide bonds. The van der Waals surface area contributed by atoms with Gasteiger partial charge in [0.25, 0.3) is 0 Å². The van der Waals surface area contributed by atoms with Crippen molar-refractivity contribution in [2.45, 2.75) is 0 Å². The first-order valence-electron chi connectivity index (χ1n) is 5.15. The third-order valence-corrected chi connectivity index (χ3v) is 2.51. The number of hydrogen-bond donors (Lipinski definition) is 1. The summed E-state index contributed by atoms with van der Waals surface area (Å²) in [7, 11) is 1.47. The molecule has 0 saturated carbocycles. The molecule has 0 atom stereocenters. The molecule has 0 aromatic carbocycles. The topological polar surface area (TPSA) is 63.4 Å². The normalized spacial score (nSPS) is 18.9.